The van der Waals surface area contributed by atoms with Crippen LogP contribution in [0.3, 0.4) is 0 Å². The zero-order valence-corrected chi connectivity index (χ0v) is 4.23. The fraction of sp³-hybridized carbons (Fsp3) is 0. The molecule has 0 saturated carbocycles. The quantitative estimate of drug-likeness (QED) is 0.319. The summed E-state index contributed by atoms with van der Waals surface area (Å²) in [6, 6.07) is 0. The van der Waals surface area contributed by atoms with E-state index in [9.17, 15) is 19.2 Å². The number of carbonyl (C=O) groups excluding carboxylic acids is 4. The summed E-state index contributed by atoms with van der Waals surface area (Å²) in [6.45, 7) is 0. The van der Waals surface area contributed by atoms with Gasteiger partial charge in [-0.15, -0.1) is 0 Å². The van der Waals surface area contributed by atoms with Crippen LogP contribution in [0.1, 0.15) is 0 Å². The number of hydrogen-bond acceptors (Lipinski definition) is 4. The van der Waals surface area contributed by atoms with Gasteiger partial charge in [0, 0.05) is 0 Å². The van der Waals surface area contributed by atoms with E-state index in [0.717, 1.165) is 0 Å². The van der Waals surface area contributed by atoms with Crippen molar-refractivity contribution in [3.63, 3.8) is 0 Å². The third-order valence-corrected chi connectivity index (χ3v) is 0.422. The Labute approximate surface area is 50.0 Å². The number of amides is 2. The molecule has 0 aromatic carbocycles. The monoisotopic (exact) mass is 128 g/mol. The third kappa shape index (κ3) is 3.10. The van der Waals surface area contributed by atoms with E-state index in [1.54, 1.807) is 0 Å². The summed E-state index contributed by atoms with van der Waals surface area (Å²) in [5.41, 5.74) is 0. The Morgan fingerprint density at radius 1 is 1.00 bits per heavy atom. The highest BCUT2D eigenvalue weighted by Gasteiger charge is 2.05. The molecule has 0 spiro atoms. The fourth-order valence-corrected chi connectivity index (χ4v) is 0.161. The van der Waals surface area contributed by atoms with Crippen LogP contribution in [0.4, 0.5) is 0 Å². The molecule has 47 valence electrons. The number of rotatable bonds is 2. The van der Waals surface area contributed by atoms with E-state index >= 15 is 0 Å². The summed E-state index contributed by atoms with van der Waals surface area (Å²) in [5.74, 6) is -2.49. The van der Waals surface area contributed by atoms with Crippen LogP contribution >= 0.6 is 0 Å². The van der Waals surface area contributed by atoms with Crippen molar-refractivity contribution in [2.75, 3.05) is 0 Å². The van der Waals surface area contributed by atoms with Crippen molar-refractivity contribution < 1.29 is 19.2 Å². The van der Waals surface area contributed by atoms with Crippen LogP contribution in [0.2, 0.25) is 0 Å². The van der Waals surface area contributed by atoms with Gasteiger partial charge in [-0.1, -0.05) is 0 Å². The first-order valence-electron chi connectivity index (χ1n) is 1.90. The highest BCUT2D eigenvalue weighted by molar-refractivity contribution is 6.35. The summed E-state index contributed by atoms with van der Waals surface area (Å²) in [7, 11) is 0. The predicted octanol–water partition coefficient (Wildman–Crippen LogP) is -1.96. The van der Waals surface area contributed by atoms with Crippen LogP contribution in [0.25, 0.3) is 0 Å². The Balaban J connectivity index is 3.73. The van der Waals surface area contributed by atoms with Crippen LogP contribution in [0, 0.1) is 0 Å². The molecule has 5 heteroatoms. The molecule has 0 aromatic rings. The van der Waals surface area contributed by atoms with Crippen molar-refractivity contribution in [1.29, 1.82) is 0 Å². The van der Waals surface area contributed by atoms with Gasteiger partial charge >= 0.3 is 11.8 Å². The van der Waals surface area contributed by atoms with Crippen molar-refractivity contribution in [1.82, 2.24) is 5.32 Å². The molecule has 5 nitrogen and oxygen atoms in total. The third-order valence-electron chi connectivity index (χ3n) is 0.422. The minimum atomic E-state index is -1.24. The van der Waals surface area contributed by atoms with Crippen LogP contribution in [0.5, 0.6) is 0 Å². The Bertz CT molecular complexity index is 144. The summed E-state index contributed by atoms with van der Waals surface area (Å²) in [6.07, 6.45) is -0.303. The van der Waals surface area contributed by atoms with Gasteiger partial charge in [0.2, 0.25) is 12.6 Å². The molecule has 1 radical (unpaired) electrons. The van der Waals surface area contributed by atoms with Crippen molar-refractivity contribution in [2.24, 2.45) is 0 Å². The second-order valence-corrected chi connectivity index (χ2v) is 1.02. The van der Waals surface area contributed by atoms with Crippen LogP contribution in [-0.4, -0.2) is 24.4 Å². The first kappa shape index (κ1) is 7.48. The topological polar surface area (TPSA) is 82.4 Å². The lowest BCUT2D eigenvalue weighted by Crippen LogP contribution is -2.24. The zero-order chi connectivity index (χ0) is 7.28. The van der Waals surface area contributed by atoms with Gasteiger partial charge in [-0.25, -0.2) is 0 Å². The molecular weight excluding hydrogens is 126 g/mol. The molecule has 0 N–H and O–H groups in total. The molecule has 0 aromatic heterocycles. The smallest absolute Gasteiger partial charge is 0.292 e. The number of imide groups is 1. The summed E-state index contributed by atoms with van der Waals surface area (Å²) in [5, 5.41) is 2.50. The standard InChI is InChI=1S/C4H2NO4/c6-1-3(8)5-4(9)2-7/h1-2H. The molecule has 0 saturated heterocycles. The second-order valence-electron chi connectivity index (χ2n) is 1.02. The van der Waals surface area contributed by atoms with E-state index in [1.807, 2.05) is 0 Å². The maximum Gasteiger partial charge on any atom is 0.313 e. The number of hydrogen-bond donors (Lipinski definition) is 0. The zero-order valence-electron chi connectivity index (χ0n) is 4.23. The molecule has 0 atom stereocenters. The van der Waals surface area contributed by atoms with Gasteiger partial charge in [-0.3, -0.25) is 19.2 Å². The number of aldehydes is 2. The van der Waals surface area contributed by atoms with Gasteiger partial charge < -0.3 is 0 Å². The molecular formula is C4H2NO4. The molecule has 9 heavy (non-hydrogen) atoms. The van der Waals surface area contributed by atoms with E-state index < -0.39 is 11.8 Å². The van der Waals surface area contributed by atoms with Crippen LogP contribution < -0.4 is 5.32 Å². The summed E-state index contributed by atoms with van der Waals surface area (Å²) >= 11 is 0. The van der Waals surface area contributed by atoms with Crippen LogP contribution in [-0.2, 0) is 19.2 Å². The Hall–Kier alpha value is -1.52. The number of carbonyl (C=O) groups is 4. The molecule has 0 aliphatic rings. The first-order valence-corrected chi connectivity index (χ1v) is 1.90. The largest absolute Gasteiger partial charge is 0.313 e. The van der Waals surface area contributed by atoms with Crippen LogP contribution in [0.15, 0.2) is 0 Å². The molecule has 0 fully saturated rings. The lowest BCUT2D eigenvalue weighted by molar-refractivity contribution is -0.139. The van der Waals surface area contributed by atoms with E-state index in [4.69, 9.17) is 0 Å². The van der Waals surface area contributed by atoms with Gasteiger partial charge in [-0.05, 0) is 0 Å². The molecule has 0 unspecified atom stereocenters. The van der Waals surface area contributed by atoms with Crippen molar-refractivity contribution in [3.05, 3.63) is 0 Å². The van der Waals surface area contributed by atoms with E-state index in [2.05, 4.69) is 5.32 Å². The Morgan fingerprint density at radius 2 is 1.33 bits per heavy atom. The Kier molecular flexibility index (Phi) is 2.89. The second kappa shape index (κ2) is 3.48. The van der Waals surface area contributed by atoms with Gasteiger partial charge in [-0.2, -0.15) is 5.32 Å². The first-order chi connectivity index (χ1) is 4.20. The van der Waals surface area contributed by atoms with E-state index in [1.165, 1.54) is 0 Å². The van der Waals surface area contributed by atoms with Gasteiger partial charge in [0.1, 0.15) is 0 Å². The maximum atomic E-state index is 9.87. The summed E-state index contributed by atoms with van der Waals surface area (Å²) in [4.78, 5) is 38.6. The van der Waals surface area contributed by atoms with Crippen molar-refractivity contribution >= 4 is 24.4 Å². The average molecular weight is 128 g/mol. The molecule has 0 aliphatic heterocycles. The fourth-order valence-electron chi connectivity index (χ4n) is 0.161. The SMILES string of the molecule is O=CC(=O)[N]C(=O)C=O. The van der Waals surface area contributed by atoms with Crippen molar-refractivity contribution in [3.8, 4) is 0 Å². The maximum absolute atomic E-state index is 9.87. The number of nitrogens with zero attached hydrogens (tertiary/aromatic N) is 1. The Morgan fingerprint density at radius 3 is 1.56 bits per heavy atom. The molecule has 0 aliphatic carbocycles. The van der Waals surface area contributed by atoms with Gasteiger partial charge in [0.05, 0.1) is 0 Å². The predicted molar refractivity (Wildman–Crippen MR) is 24.3 cm³/mol. The molecule has 0 rings (SSSR count). The lowest BCUT2D eigenvalue weighted by Gasteiger charge is -1.81. The summed E-state index contributed by atoms with van der Waals surface area (Å²) < 4.78 is 0. The highest BCUT2D eigenvalue weighted by Crippen LogP contribution is 1.60. The minimum absolute atomic E-state index is 0.151. The van der Waals surface area contributed by atoms with Crippen molar-refractivity contribution in [2.45, 2.75) is 0 Å². The van der Waals surface area contributed by atoms with Gasteiger partial charge in [0.15, 0.2) is 0 Å². The van der Waals surface area contributed by atoms with E-state index in [-0.39, 0.29) is 12.6 Å². The average Bonchev–Trinajstić information content (AvgIpc) is 1.87. The molecule has 2 amide bonds. The lowest BCUT2D eigenvalue weighted by atomic mass is 10.6. The van der Waals surface area contributed by atoms with Gasteiger partial charge in [0.25, 0.3) is 0 Å². The minimum Gasteiger partial charge on any atom is -0.292 e. The molecule has 0 heterocycles. The normalized spacial score (nSPS) is 7.56. The molecule has 0 bridgehead atoms. The van der Waals surface area contributed by atoms with E-state index in [0.29, 0.717) is 0 Å². The highest BCUT2D eigenvalue weighted by atomic mass is 16.2.